The van der Waals surface area contributed by atoms with Gasteiger partial charge in [-0.05, 0) is 18.8 Å². The van der Waals surface area contributed by atoms with E-state index in [0.717, 1.165) is 18.6 Å². The van der Waals surface area contributed by atoms with E-state index in [2.05, 4.69) is 20.8 Å². The van der Waals surface area contributed by atoms with E-state index in [9.17, 15) is 5.11 Å². The van der Waals surface area contributed by atoms with Crippen molar-refractivity contribution < 1.29 is 5.11 Å². The summed E-state index contributed by atoms with van der Waals surface area (Å²) in [7, 11) is 0. The number of hydrogen-bond acceptors (Lipinski definition) is 2. The van der Waals surface area contributed by atoms with Crippen LogP contribution in [0.4, 0.5) is 0 Å². The van der Waals surface area contributed by atoms with E-state index in [4.69, 9.17) is 0 Å². The van der Waals surface area contributed by atoms with Gasteiger partial charge in [-0.25, -0.2) is 0 Å². The smallest absolute Gasteiger partial charge is 0.0750 e. The van der Waals surface area contributed by atoms with Gasteiger partial charge in [0.05, 0.1) is 5.60 Å². The van der Waals surface area contributed by atoms with Crippen molar-refractivity contribution >= 4 is 11.8 Å². The average molecular weight is 202 g/mol. The van der Waals surface area contributed by atoms with Gasteiger partial charge < -0.3 is 5.11 Å². The van der Waals surface area contributed by atoms with Crippen molar-refractivity contribution in [3.05, 3.63) is 0 Å². The lowest BCUT2D eigenvalue weighted by Crippen LogP contribution is -2.31. The Kier molecular flexibility index (Phi) is 4.11. The maximum absolute atomic E-state index is 10.2. The van der Waals surface area contributed by atoms with Gasteiger partial charge in [-0.2, -0.15) is 11.8 Å². The van der Waals surface area contributed by atoms with Gasteiger partial charge in [0.25, 0.3) is 0 Å². The van der Waals surface area contributed by atoms with E-state index in [0.29, 0.717) is 11.2 Å². The Morgan fingerprint density at radius 2 is 2.31 bits per heavy atom. The van der Waals surface area contributed by atoms with Gasteiger partial charge in [-0.15, -0.1) is 0 Å². The third-order valence-electron chi connectivity index (χ3n) is 2.81. The van der Waals surface area contributed by atoms with E-state index in [1.807, 2.05) is 11.8 Å². The Hall–Kier alpha value is 0.310. The molecule has 0 aromatic carbocycles. The van der Waals surface area contributed by atoms with E-state index in [1.165, 1.54) is 12.8 Å². The van der Waals surface area contributed by atoms with Crippen molar-refractivity contribution in [2.24, 2.45) is 5.92 Å². The zero-order valence-electron chi connectivity index (χ0n) is 9.05. The summed E-state index contributed by atoms with van der Waals surface area (Å²) in [6.45, 7) is 6.69. The Labute approximate surface area is 86.3 Å². The minimum absolute atomic E-state index is 0.349. The molecule has 13 heavy (non-hydrogen) atoms. The van der Waals surface area contributed by atoms with Gasteiger partial charge in [-0.3, -0.25) is 0 Å². The molecule has 0 amide bonds. The number of hydrogen-bond donors (Lipinski definition) is 1. The lowest BCUT2D eigenvalue weighted by molar-refractivity contribution is 0.0386. The van der Waals surface area contributed by atoms with Crippen LogP contribution < -0.4 is 0 Å². The maximum atomic E-state index is 10.2. The van der Waals surface area contributed by atoms with E-state index in [1.54, 1.807) is 0 Å². The highest BCUT2D eigenvalue weighted by Gasteiger charge is 2.36. The lowest BCUT2D eigenvalue weighted by atomic mass is 9.87. The summed E-state index contributed by atoms with van der Waals surface area (Å²) >= 11 is 1.91. The van der Waals surface area contributed by atoms with Crippen LogP contribution in [0.1, 0.15) is 46.5 Å². The Morgan fingerprint density at radius 1 is 1.62 bits per heavy atom. The number of thioether (sulfide) groups is 1. The predicted molar refractivity (Wildman–Crippen MR) is 60.2 cm³/mol. The minimum atomic E-state index is -0.349. The highest BCUT2D eigenvalue weighted by Crippen LogP contribution is 2.38. The number of aliphatic hydroxyl groups is 1. The molecule has 1 rings (SSSR count). The fourth-order valence-electron chi connectivity index (χ4n) is 2.34. The van der Waals surface area contributed by atoms with E-state index >= 15 is 0 Å². The minimum Gasteiger partial charge on any atom is -0.389 e. The molecule has 0 aromatic rings. The van der Waals surface area contributed by atoms with Crippen LogP contribution >= 0.6 is 11.8 Å². The van der Waals surface area contributed by atoms with Gasteiger partial charge in [-0.1, -0.05) is 33.6 Å². The first-order valence-electron chi connectivity index (χ1n) is 5.40. The number of rotatable bonds is 4. The van der Waals surface area contributed by atoms with Crippen LogP contribution in [0.15, 0.2) is 0 Å². The molecule has 0 saturated carbocycles. The molecular weight excluding hydrogens is 180 g/mol. The summed E-state index contributed by atoms with van der Waals surface area (Å²) in [5.74, 6) is 1.63. The first-order chi connectivity index (χ1) is 6.06. The molecule has 3 atom stereocenters. The van der Waals surface area contributed by atoms with Gasteiger partial charge in [0.15, 0.2) is 0 Å². The first-order valence-corrected chi connectivity index (χ1v) is 6.44. The van der Waals surface area contributed by atoms with Crippen molar-refractivity contribution in [1.29, 1.82) is 0 Å². The van der Waals surface area contributed by atoms with Crippen molar-refractivity contribution in [3.63, 3.8) is 0 Å². The molecule has 1 heterocycles. The molecule has 1 aliphatic rings. The zero-order chi connectivity index (χ0) is 9.90. The Morgan fingerprint density at radius 3 is 2.77 bits per heavy atom. The maximum Gasteiger partial charge on any atom is 0.0750 e. The Bertz CT molecular complexity index is 160. The molecule has 0 spiro atoms. The van der Waals surface area contributed by atoms with E-state index in [-0.39, 0.29) is 5.60 Å². The first kappa shape index (κ1) is 11.4. The molecule has 1 nitrogen and oxygen atoms in total. The summed E-state index contributed by atoms with van der Waals surface area (Å²) < 4.78 is 0. The van der Waals surface area contributed by atoms with Crippen molar-refractivity contribution in [2.45, 2.75) is 57.3 Å². The SMILES string of the molecule is CCCC(C)CC1(O)CSC(C)C1. The zero-order valence-corrected chi connectivity index (χ0v) is 9.86. The van der Waals surface area contributed by atoms with Crippen LogP contribution in [0, 0.1) is 5.92 Å². The summed E-state index contributed by atoms with van der Waals surface area (Å²) in [6, 6.07) is 0. The Balaban J connectivity index is 2.34. The molecule has 2 heteroatoms. The van der Waals surface area contributed by atoms with Crippen molar-refractivity contribution in [1.82, 2.24) is 0 Å². The molecular formula is C11H22OS. The second-order valence-corrected chi connectivity index (χ2v) is 6.07. The van der Waals surface area contributed by atoms with Gasteiger partial charge in [0.2, 0.25) is 0 Å². The third-order valence-corrected chi connectivity index (χ3v) is 4.25. The third kappa shape index (κ3) is 3.51. The van der Waals surface area contributed by atoms with Crippen LogP contribution in [0.25, 0.3) is 0 Å². The molecule has 0 aromatic heterocycles. The molecule has 0 bridgehead atoms. The van der Waals surface area contributed by atoms with Crippen LogP contribution in [0.3, 0.4) is 0 Å². The van der Waals surface area contributed by atoms with Crippen LogP contribution in [-0.2, 0) is 0 Å². The van der Waals surface area contributed by atoms with Crippen LogP contribution in [-0.4, -0.2) is 21.7 Å². The molecule has 78 valence electrons. The predicted octanol–water partition coefficient (Wildman–Crippen LogP) is 3.07. The fourth-order valence-corrected chi connectivity index (χ4v) is 3.59. The highest BCUT2D eigenvalue weighted by molar-refractivity contribution is 8.00. The fraction of sp³-hybridized carbons (Fsp3) is 1.00. The highest BCUT2D eigenvalue weighted by atomic mass is 32.2. The second kappa shape index (κ2) is 4.70. The molecule has 1 saturated heterocycles. The summed E-state index contributed by atoms with van der Waals surface area (Å²) in [4.78, 5) is 0. The summed E-state index contributed by atoms with van der Waals surface area (Å²) in [5, 5.41) is 10.9. The molecule has 3 unspecified atom stereocenters. The largest absolute Gasteiger partial charge is 0.389 e. The molecule has 1 fully saturated rings. The van der Waals surface area contributed by atoms with Crippen molar-refractivity contribution in [3.8, 4) is 0 Å². The monoisotopic (exact) mass is 202 g/mol. The quantitative estimate of drug-likeness (QED) is 0.756. The molecule has 1 N–H and O–H groups in total. The lowest BCUT2D eigenvalue weighted by Gasteiger charge is -2.25. The standard InChI is InChI=1S/C11H22OS/c1-4-5-9(2)6-11(12)7-10(3)13-8-11/h9-10,12H,4-8H2,1-3H3. The summed E-state index contributed by atoms with van der Waals surface area (Å²) in [5.41, 5.74) is -0.349. The van der Waals surface area contributed by atoms with E-state index < -0.39 is 0 Å². The topological polar surface area (TPSA) is 20.2 Å². The normalized spacial score (nSPS) is 36.5. The van der Waals surface area contributed by atoms with Crippen LogP contribution in [0.5, 0.6) is 0 Å². The molecule has 0 aliphatic carbocycles. The average Bonchev–Trinajstić information content (AvgIpc) is 2.30. The van der Waals surface area contributed by atoms with Crippen molar-refractivity contribution in [2.75, 3.05) is 5.75 Å². The second-order valence-electron chi connectivity index (χ2n) is 4.65. The summed E-state index contributed by atoms with van der Waals surface area (Å²) in [6.07, 6.45) is 4.48. The van der Waals surface area contributed by atoms with Gasteiger partial charge in [0.1, 0.15) is 0 Å². The molecule has 0 radical (unpaired) electrons. The van der Waals surface area contributed by atoms with Gasteiger partial charge in [0, 0.05) is 11.0 Å². The van der Waals surface area contributed by atoms with Crippen LogP contribution in [0.2, 0.25) is 0 Å². The van der Waals surface area contributed by atoms with Gasteiger partial charge >= 0.3 is 0 Å². The molecule has 1 aliphatic heterocycles.